The van der Waals surface area contributed by atoms with Gasteiger partial charge in [0.05, 0.1) is 5.69 Å². The number of aliphatic imine (C=N–C) groups is 1. The smallest absolute Gasteiger partial charge is 0.310 e. The van der Waals surface area contributed by atoms with Crippen molar-refractivity contribution in [3.05, 3.63) is 114 Å². The fourth-order valence-corrected chi connectivity index (χ4v) is 4.05. The van der Waals surface area contributed by atoms with Crippen LogP contribution in [0.1, 0.15) is 61.3 Å². The third-order valence-electron chi connectivity index (χ3n) is 6.30. The number of hydrogen-bond acceptors (Lipinski definition) is 5. The van der Waals surface area contributed by atoms with Gasteiger partial charge in [-0.05, 0) is 75.3 Å². The van der Waals surface area contributed by atoms with Crippen LogP contribution in [-0.2, 0) is 19.0 Å². The van der Waals surface area contributed by atoms with Gasteiger partial charge in [-0.2, -0.15) is 0 Å². The molecule has 0 aromatic heterocycles. The molecule has 5 heteroatoms. The second kappa shape index (κ2) is 14.2. The first-order valence-electron chi connectivity index (χ1n) is 12.8. The molecule has 0 bridgehead atoms. The summed E-state index contributed by atoms with van der Waals surface area (Å²) in [6, 6.07) is 10.3. The Labute approximate surface area is 228 Å². The number of ether oxygens (including phenoxy) is 3. The third-order valence-corrected chi connectivity index (χ3v) is 6.30. The fourth-order valence-electron chi connectivity index (χ4n) is 4.05. The zero-order valence-electron chi connectivity index (χ0n) is 23.8. The van der Waals surface area contributed by atoms with Gasteiger partial charge in [-0.25, -0.2) is 4.99 Å². The van der Waals surface area contributed by atoms with Gasteiger partial charge in [0.2, 0.25) is 5.90 Å². The van der Waals surface area contributed by atoms with E-state index in [-0.39, 0.29) is 23.2 Å². The van der Waals surface area contributed by atoms with E-state index in [2.05, 4.69) is 77.1 Å². The lowest BCUT2D eigenvalue weighted by Crippen LogP contribution is -2.23. The largest absolute Gasteiger partial charge is 0.407 e. The summed E-state index contributed by atoms with van der Waals surface area (Å²) in [5.74, 6) is -0.0679. The highest BCUT2D eigenvalue weighted by atomic mass is 16.8. The van der Waals surface area contributed by atoms with Crippen LogP contribution in [-0.4, -0.2) is 11.9 Å². The van der Waals surface area contributed by atoms with E-state index < -0.39 is 5.97 Å². The highest BCUT2D eigenvalue weighted by molar-refractivity contribution is 5.91. The van der Waals surface area contributed by atoms with Gasteiger partial charge >= 0.3 is 5.97 Å². The molecule has 1 aliphatic rings. The number of hydrogen-bond donors (Lipinski definition) is 0. The van der Waals surface area contributed by atoms with Gasteiger partial charge in [0, 0.05) is 19.1 Å². The summed E-state index contributed by atoms with van der Waals surface area (Å²) < 4.78 is 15.7. The number of allylic oxidation sites excluding steroid dienone is 9. The van der Waals surface area contributed by atoms with Crippen molar-refractivity contribution >= 4 is 17.6 Å². The van der Waals surface area contributed by atoms with E-state index in [0.717, 1.165) is 11.1 Å². The second-order valence-electron chi connectivity index (χ2n) is 10.2. The lowest BCUT2D eigenvalue weighted by molar-refractivity contribution is -0.142. The van der Waals surface area contributed by atoms with E-state index in [1.54, 1.807) is 18.2 Å². The molecular weight excluding hydrogens is 474 g/mol. The molecule has 38 heavy (non-hydrogen) atoms. The fraction of sp³-hybridized carbons (Fsp3) is 0.333. The van der Waals surface area contributed by atoms with Crippen molar-refractivity contribution < 1.29 is 19.0 Å². The van der Waals surface area contributed by atoms with Crippen molar-refractivity contribution in [2.75, 3.05) is 0 Å². The Morgan fingerprint density at radius 1 is 1.08 bits per heavy atom. The van der Waals surface area contributed by atoms with Crippen LogP contribution in [0, 0.1) is 17.4 Å². The summed E-state index contributed by atoms with van der Waals surface area (Å²) in [4.78, 5) is 15.6. The van der Waals surface area contributed by atoms with Gasteiger partial charge in [-0.1, -0.05) is 80.5 Å². The molecular formula is C33H40NO4. The topological polar surface area (TPSA) is 57.1 Å². The Kier molecular flexibility index (Phi) is 11.3. The number of benzene rings is 1. The van der Waals surface area contributed by atoms with Gasteiger partial charge in [0.1, 0.15) is 0 Å². The number of carbonyl (C=O) groups is 1. The molecule has 0 saturated carbocycles. The van der Waals surface area contributed by atoms with Crippen molar-refractivity contribution in [2.45, 2.75) is 61.3 Å². The lowest BCUT2D eigenvalue weighted by atomic mass is 9.69. The molecule has 0 aliphatic heterocycles. The highest BCUT2D eigenvalue weighted by Crippen LogP contribution is 2.43. The van der Waals surface area contributed by atoms with E-state index >= 15 is 0 Å². The van der Waals surface area contributed by atoms with Crippen molar-refractivity contribution in [1.29, 1.82) is 0 Å². The first-order valence-corrected chi connectivity index (χ1v) is 12.8. The van der Waals surface area contributed by atoms with Crippen molar-refractivity contribution in [3.8, 4) is 0 Å². The van der Waals surface area contributed by atoms with E-state index in [9.17, 15) is 4.79 Å². The molecule has 1 radical (unpaired) electrons. The molecule has 1 atom stereocenters. The van der Waals surface area contributed by atoms with Crippen LogP contribution in [0.3, 0.4) is 0 Å². The maximum absolute atomic E-state index is 11.1. The van der Waals surface area contributed by atoms with Crippen molar-refractivity contribution in [3.63, 3.8) is 0 Å². The van der Waals surface area contributed by atoms with Crippen LogP contribution < -0.4 is 0 Å². The summed E-state index contributed by atoms with van der Waals surface area (Å²) in [6.45, 7) is 21.7. The van der Waals surface area contributed by atoms with Crippen LogP contribution in [0.2, 0.25) is 0 Å². The minimum Gasteiger partial charge on any atom is -0.407 e. The first kappa shape index (κ1) is 30.4. The predicted molar refractivity (Wildman–Crippen MR) is 155 cm³/mol. The van der Waals surface area contributed by atoms with Gasteiger partial charge < -0.3 is 14.2 Å². The lowest BCUT2D eigenvalue weighted by Gasteiger charge is -2.36. The van der Waals surface area contributed by atoms with Crippen LogP contribution in [0.4, 0.5) is 5.69 Å². The molecule has 0 amide bonds. The Morgan fingerprint density at radius 2 is 1.79 bits per heavy atom. The number of esters is 1. The standard InChI is InChI=1S/C33H40NO4/c1-23(18-19-31-26(4)25(3)20-21-33(31,8)9)14-13-15-24(2)22-32(34-30-16-11-10-12-17-30)38-29(7)37-28(6)36-27(5)35/h10-16,18-19,22,25H,6-7,20-21H2,1-5,8-9H3. The quantitative estimate of drug-likeness (QED) is 0.103. The zero-order valence-corrected chi connectivity index (χ0v) is 23.8. The Bertz CT molecular complexity index is 1210. The normalized spacial score (nSPS) is 18.6. The molecule has 2 rings (SSSR count). The van der Waals surface area contributed by atoms with Gasteiger partial charge in [-0.15, -0.1) is 0 Å². The molecule has 1 aromatic carbocycles. The average Bonchev–Trinajstić information content (AvgIpc) is 2.81. The summed E-state index contributed by atoms with van der Waals surface area (Å²) in [7, 11) is 0. The van der Waals surface area contributed by atoms with E-state index in [1.807, 2.05) is 31.2 Å². The zero-order chi connectivity index (χ0) is 28.3. The van der Waals surface area contributed by atoms with Gasteiger partial charge in [0.25, 0.3) is 11.9 Å². The number of para-hydroxylation sites is 1. The molecule has 0 saturated heterocycles. The molecule has 0 heterocycles. The number of carbonyl (C=O) groups excluding carboxylic acids is 1. The van der Waals surface area contributed by atoms with E-state index in [1.165, 1.54) is 30.9 Å². The average molecular weight is 515 g/mol. The van der Waals surface area contributed by atoms with Gasteiger partial charge in [0.15, 0.2) is 0 Å². The van der Waals surface area contributed by atoms with Gasteiger partial charge in [-0.3, -0.25) is 4.79 Å². The van der Waals surface area contributed by atoms with Crippen LogP contribution in [0.15, 0.2) is 113 Å². The minimum atomic E-state index is -0.557. The summed E-state index contributed by atoms with van der Waals surface area (Å²) in [5, 5.41) is 0. The maximum atomic E-state index is 11.1. The summed E-state index contributed by atoms with van der Waals surface area (Å²) in [5.41, 5.74) is 5.75. The third kappa shape index (κ3) is 10.3. The van der Waals surface area contributed by atoms with Crippen LogP contribution in [0.25, 0.3) is 0 Å². The maximum Gasteiger partial charge on any atom is 0.310 e. The predicted octanol–water partition coefficient (Wildman–Crippen LogP) is 8.83. The molecule has 1 unspecified atom stereocenters. The monoisotopic (exact) mass is 514 g/mol. The molecule has 1 aromatic rings. The summed E-state index contributed by atoms with van der Waals surface area (Å²) >= 11 is 0. The van der Waals surface area contributed by atoms with Crippen LogP contribution >= 0.6 is 0 Å². The van der Waals surface area contributed by atoms with Crippen molar-refractivity contribution in [2.24, 2.45) is 16.3 Å². The molecule has 0 fully saturated rings. The second-order valence-corrected chi connectivity index (χ2v) is 10.2. The SMILES string of the molecule is C=C(OC(=C)OC(C=C(C)C=CC=C(C)C=CC1=C(C)C(C)CCC1(C)C)=Nc1[c]cccc1)OC(C)=O. The molecule has 0 spiro atoms. The Balaban J connectivity index is 2.17. The molecule has 201 valence electrons. The minimum absolute atomic E-state index is 0.135. The van der Waals surface area contributed by atoms with E-state index in [0.29, 0.717) is 11.6 Å². The van der Waals surface area contributed by atoms with Crippen LogP contribution in [0.5, 0.6) is 0 Å². The van der Waals surface area contributed by atoms with Crippen molar-refractivity contribution in [1.82, 2.24) is 0 Å². The highest BCUT2D eigenvalue weighted by Gasteiger charge is 2.29. The molecule has 5 nitrogen and oxygen atoms in total. The molecule has 0 N–H and O–H groups in total. The molecule has 1 aliphatic carbocycles. The number of nitrogens with zero attached hydrogens (tertiary/aromatic N) is 1. The summed E-state index contributed by atoms with van der Waals surface area (Å²) in [6.07, 6.45) is 14.7. The Morgan fingerprint density at radius 3 is 2.45 bits per heavy atom. The van der Waals surface area contributed by atoms with E-state index in [4.69, 9.17) is 14.2 Å². The number of rotatable bonds is 10. The Hall–Kier alpha value is -3.86. The first-order chi connectivity index (χ1) is 17.9.